The van der Waals surface area contributed by atoms with Crippen molar-refractivity contribution in [1.29, 1.82) is 0 Å². The van der Waals surface area contributed by atoms with Gasteiger partial charge in [0.15, 0.2) is 5.52 Å². The van der Waals surface area contributed by atoms with Crippen LogP contribution in [-0.2, 0) is 0 Å². The number of para-hydroxylation sites is 1. The van der Waals surface area contributed by atoms with Gasteiger partial charge in [-0.1, -0.05) is 16.8 Å². The lowest BCUT2D eigenvalue weighted by Gasteiger charge is -2.06. The lowest BCUT2D eigenvalue weighted by atomic mass is 10.3. The summed E-state index contributed by atoms with van der Waals surface area (Å²) in [6.45, 7) is 0. The van der Waals surface area contributed by atoms with Crippen molar-refractivity contribution in [2.45, 2.75) is 0 Å². The number of fused-ring (bicyclic) bond motifs is 1. The second kappa shape index (κ2) is 6.35. The van der Waals surface area contributed by atoms with Crippen molar-refractivity contribution in [3.8, 4) is 0 Å². The number of nitrogens with one attached hydrogen (secondary N) is 1. The van der Waals surface area contributed by atoms with Gasteiger partial charge in [-0.05, 0) is 12.1 Å². The molecule has 0 aliphatic carbocycles. The van der Waals surface area contributed by atoms with Gasteiger partial charge < -0.3 is 17.3 Å². The normalized spacial score (nSPS) is 12.1. The smallest absolute Gasteiger partial charge is 0.418 e. The molecule has 1 heterocycles. The number of benzene rings is 1. The van der Waals surface area contributed by atoms with Gasteiger partial charge in [-0.25, -0.2) is 0 Å². The average molecular weight is 291 g/mol. The maximum absolute atomic E-state index is 9.75. The number of rotatable bonds is 0. The van der Waals surface area contributed by atoms with Crippen LogP contribution in [0.2, 0.25) is 0 Å². The highest BCUT2D eigenvalue weighted by molar-refractivity contribution is 6.50. The van der Waals surface area contributed by atoms with Gasteiger partial charge in [-0.15, -0.1) is 5.10 Å². The standard InChI is InChI=1S/C10H13N5.BF4/c1-11-10(14(2)3)15-9-7-5-4-6-8(9)12-13-15;2-1(3,4)5/h4-7H,1-3H3;/q;-1/p+1. The van der Waals surface area contributed by atoms with E-state index in [1.165, 1.54) is 0 Å². The summed E-state index contributed by atoms with van der Waals surface area (Å²) in [5.41, 5.74) is 1.89. The summed E-state index contributed by atoms with van der Waals surface area (Å²) >= 11 is 0. The van der Waals surface area contributed by atoms with Crippen LogP contribution in [0.1, 0.15) is 0 Å². The minimum absolute atomic E-state index is 0.892. The fourth-order valence-corrected chi connectivity index (χ4v) is 1.54. The second-order valence-electron chi connectivity index (χ2n) is 3.95. The van der Waals surface area contributed by atoms with Crippen LogP contribution < -0.4 is 4.99 Å². The Morgan fingerprint density at radius 1 is 1.20 bits per heavy atom. The van der Waals surface area contributed by atoms with E-state index in [2.05, 4.69) is 15.3 Å². The molecule has 2 aromatic rings. The number of halogens is 4. The lowest BCUT2D eigenvalue weighted by Crippen LogP contribution is -2.73. The molecule has 20 heavy (non-hydrogen) atoms. The molecule has 0 amide bonds. The monoisotopic (exact) mass is 291 g/mol. The summed E-state index contributed by atoms with van der Waals surface area (Å²) in [6, 6.07) is 7.87. The molecule has 5 nitrogen and oxygen atoms in total. The molecule has 2 rings (SSSR count). The fourth-order valence-electron chi connectivity index (χ4n) is 1.54. The summed E-state index contributed by atoms with van der Waals surface area (Å²) in [7, 11) is -0.212. The molecule has 0 radical (unpaired) electrons. The molecule has 1 aromatic carbocycles. The van der Waals surface area contributed by atoms with E-state index >= 15 is 0 Å². The predicted octanol–water partition coefficient (Wildman–Crippen LogP) is 0.207. The first-order chi connectivity index (χ1) is 9.24. The Morgan fingerprint density at radius 2 is 1.75 bits per heavy atom. The summed E-state index contributed by atoms with van der Waals surface area (Å²) in [5.74, 6) is 0.892. The van der Waals surface area contributed by atoms with Crippen molar-refractivity contribution in [3.63, 3.8) is 0 Å². The first kappa shape index (κ1) is 15.9. The minimum Gasteiger partial charge on any atom is -0.418 e. The van der Waals surface area contributed by atoms with Crippen molar-refractivity contribution in [1.82, 2.24) is 19.9 Å². The van der Waals surface area contributed by atoms with Gasteiger partial charge in [0.25, 0.3) is 0 Å². The molecule has 0 bridgehead atoms. The minimum atomic E-state index is -6.00. The highest BCUT2D eigenvalue weighted by atomic mass is 19.5. The van der Waals surface area contributed by atoms with Crippen LogP contribution in [-0.4, -0.2) is 54.3 Å². The summed E-state index contributed by atoms with van der Waals surface area (Å²) in [6.07, 6.45) is 0. The molecule has 0 aliphatic heterocycles. The van der Waals surface area contributed by atoms with Crippen molar-refractivity contribution in [2.24, 2.45) is 0 Å². The van der Waals surface area contributed by atoms with E-state index in [4.69, 9.17) is 0 Å². The summed E-state index contributed by atoms with van der Waals surface area (Å²) in [5, 5.41) is 8.21. The second-order valence-corrected chi connectivity index (χ2v) is 3.95. The van der Waals surface area contributed by atoms with Crippen molar-refractivity contribution >= 4 is 24.2 Å². The number of nitrogens with zero attached hydrogens (tertiary/aromatic N) is 4. The molecule has 0 unspecified atom stereocenters. The van der Waals surface area contributed by atoms with Crippen LogP contribution in [0.4, 0.5) is 17.3 Å². The zero-order chi connectivity index (χ0) is 15.3. The molecule has 0 aliphatic rings. The van der Waals surface area contributed by atoms with Crippen LogP contribution in [0.3, 0.4) is 0 Å². The van der Waals surface area contributed by atoms with Crippen LogP contribution in [0, 0.1) is 0 Å². The zero-order valence-corrected chi connectivity index (χ0v) is 11.2. The lowest BCUT2D eigenvalue weighted by molar-refractivity contribution is -0.428. The molecule has 0 saturated heterocycles. The molecule has 0 spiro atoms. The molecule has 1 N–H and O–H groups in total. The predicted molar refractivity (Wildman–Crippen MR) is 68.7 cm³/mol. The van der Waals surface area contributed by atoms with Gasteiger partial charge in [0.1, 0.15) is 5.52 Å². The Kier molecular flexibility index (Phi) is 5.06. The van der Waals surface area contributed by atoms with Gasteiger partial charge in [0.2, 0.25) is 0 Å². The van der Waals surface area contributed by atoms with Crippen LogP contribution >= 0.6 is 0 Å². The SMILES string of the molecule is C[NH+]=C(N(C)C)n1nnc2ccccc21.F[B-](F)(F)F. The van der Waals surface area contributed by atoms with E-state index in [0.29, 0.717) is 0 Å². The molecule has 0 saturated carbocycles. The summed E-state index contributed by atoms with van der Waals surface area (Å²) in [4.78, 5) is 5.06. The third-order valence-corrected chi connectivity index (χ3v) is 2.20. The van der Waals surface area contributed by atoms with Gasteiger partial charge in [-0.3, -0.25) is 9.89 Å². The van der Waals surface area contributed by atoms with Crippen molar-refractivity contribution in [2.75, 3.05) is 21.1 Å². The quantitative estimate of drug-likeness (QED) is 0.327. The Bertz CT molecular complexity index is 587. The molecular formula is C10H14BF4N5. The Hall–Kier alpha value is -2.13. The highest BCUT2D eigenvalue weighted by Gasteiger charge is 2.20. The molecule has 0 fully saturated rings. The van der Waals surface area contributed by atoms with E-state index in [1.54, 1.807) is 4.68 Å². The molecular weight excluding hydrogens is 277 g/mol. The summed E-state index contributed by atoms with van der Waals surface area (Å²) < 4.78 is 40.8. The van der Waals surface area contributed by atoms with Crippen molar-refractivity contribution < 1.29 is 22.3 Å². The largest absolute Gasteiger partial charge is 0.673 e. The number of hydrogen-bond donors (Lipinski definition) is 1. The topological polar surface area (TPSA) is 47.9 Å². The third kappa shape index (κ3) is 4.52. The highest BCUT2D eigenvalue weighted by Crippen LogP contribution is 2.08. The first-order valence-electron chi connectivity index (χ1n) is 5.64. The van der Waals surface area contributed by atoms with Crippen LogP contribution in [0.5, 0.6) is 0 Å². The van der Waals surface area contributed by atoms with Gasteiger partial charge in [0, 0.05) is 5.21 Å². The maximum atomic E-state index is 9.75. The Morgan fingerprint density at radius 3 is 2.25 bits per heavy atom. The van der Waals surface area contributed by atoms with Crippen LogP contribution in [0.15, 0.2) is 24.3 Å². The Labute approximate surface area is 113 Å². The fraction of sp³-hybridized carbons (Fsp3) is 0.300. The number of aromatic nitrogens is 3. The van der Waals surface area contributed by atoms with Gasteiger partial charge in [0.05, 0.1) is 21.1 Å². The van der Waals surface area contributed by atoms with E-state index in [9.17, 15) is 17.3 Å². The van der Waals surface area contributed by atoms with Gasteiger partial charge >= 0.3 is 13.2 Å². The zero-order valence-electron chi connectivity index (χ0n) is 11.2. The third-order valence-electron chi connectivity index (χ3n) is 2.20. The van der Waals surface area contributed by atoms with E-state index in [0.717, 1.165) is 17.0 Å². The molecule has 0 atom stereocenters. The average Bonchev–Trinajstić information content (AvgIpc) is 2.72. The molecule has 10 heteroatoms. The Balaban J connectivity index is 0.000000347. The maximum Gasteiger partial charge on any atom is 0.673 e. The molecule has 1 aromatic heterocycles. The number of hydrogen-bond acceptors (Lipinski definition) is 2. The van der Waals surface area contributed by atoms with Crippen LogP contribution in [0.25, 0.3) is 11.0 Å². The van der Waals surface area contributed by atoms with E-state index in [-0.39, 0.29) is 0 Å². The van der Waals surface area contributed by atoms with Crippen molar-refractivity contribution in [3.05, 3.63) is 24.3 Å². The van der Waals surface area contributed by atoms with E-state index < -0.39 is 7.25 Å². The first-order valence-corrected chi connectivity index (χ1v) is 5.64. The van der Waals surface area contributed by atoms with E-state index in [1.807, 2.05) is 50.3 Å². The van der Waals surface area contributed by atoms with Gasteiger partial charge in [-0.2, -0.15) is 0 Å². The molecule has 110 valence electrons.